The van der Waals surface area contributed by atoms with Gasteiger partial charge in [0.25, 0.3) is 0 Å². The van der Waals surface area contributed by atoms with Gasteiger partial charge in [-0.2, -0.15) is 0 Å². The van der Waals surface area contributed by atoms with Crippen molar-refractivity contribution in [3.63, 3.8) is 0 Å². The summed E-state index contributed by atoms with van der Waals surface area (Å²) < 4.78 is 5.60. The van der Waals surface area contributed by atoms with E-state index in [2.05, 4.69) is 0 Å². The molecule has 0 saturated heterocycles. The lowest BCUT2D eigenvalue weighted by Gasteiger charge is -2.15. The zero-order chi connectivity index (χ0) is 11.4. The molecule has 0 aliphatic heterocycles. The summed E-state index contributed by atoms with van der Waals surface area (Å²) in [6.45, 7) is 6.18. The van der Waals surface area contributed by atoms with Gasteiger partial charge in [-0.3, -0.25) is 0 Å². The van der Waals surface area contributed by atoms with Crippen LogP contribution in [-0.4, -0.2) is 17.8 Å². The van der Waals surface area contributed by atoms with E-state index in [0.29, 0.717) is 0 Å². The van der Waals surface area contributed by atoms with Crippen LogP contribution in [0.25, 0.3) is 0 Å². The maximum atomic E-state index is 9.56. The van der Waals surface area contributed by atoms with E-state index in [4.69, 9.17) is 10.5 Å². The average Bonchev–Trinajstić information content (AvgIpc) is 2.19. The minimum absolute atomic E-state index is 0.161. The highest BCUT2D eigenvalue weighted by Gasteiger charge is 2.08. The summed E-state index contributed by atoms with van der Waals surface area (Å²) >= 11 is 0. The lowest BCUT2D eigenvalue weighted by Crippen LogP contribution is -2.12. The topological polar surface area (TPSA) is 55.5 Å². The number of hydrogen-bond acceptors (Lipinski definition) is 3. The average molecular weight is 209 g/mol. The number of ether oxygens (including phenoxy) is 1. The van der Waals surface area contributed by atoms with Gasteiger partial charge >= 0.3 is 0 Å². The lowest BCUT2D eigenvalue weighted by molar-refractivity contribution is 0.186. The van der Waals surface area contributed by atoms with Crippen LogP contribution in [0.3, 0.4) is 0 Å². The van der Waals surface area contributed by atoms with Crippen molar-refractivity contribution in [1.29, 1.82) is 0 Å². The van der Waals surface area contributed by atoms with Crippen molar-refractivity contribution in [2.45, 2.75) is 33.0 Å². The summed E-state index contributed by atoms with van der Waals surface area (Å²) in [5.74, 6) is 0.859. The minimum atomic E-state index is -0.586. The van der Waals surface area contributed by atoms with Crippen LogP contribution in [0.4, 0.5) is 0 Å². The molecule has 0 aromatic heterocycles. The second kappa shape index (κ2) is 5.14. The van der Waals surface area contributed by atoms with Crippen LogP contribution in [0.1, 0.15) is 31.1 Å². The predicted octanol–water partition coefficient (Wildman–Crippen LogP) is 1.77. The van der Waals surface area contributed by atoms with Crippen molar-refractivity contribution in [1.82, 2.24) is 0 Å². The van der Waals surface area contributed by atoms with E-state index >= 15 is 0 Å². The maximum Gasteiger partial charge on any atom is 0.122 e. The summed E-state index contributed by atoms with van der Waals surface area (Å²) in [5.41, 5.74) is 7.25. The first-order chi connectivity index (χ1) is 7.04. The summed E-state index contributed by atoms with van der Waals surface area (Å²) in [5, 5.41) is 9.56. The Balaban J connectivity index is 2.88. The smallest absolute Gasteiger partial charge is 0.122 e. The van der Waals surface area contributed by atoms with Crippen molar-refractivity contribution in [2.75, 3.05) is 6.54 Å². The van der Waals surface area contributed by atoms with Crippen LogP contribution >= 0.6 is 0 Å². The quantitative estimate of drug-likeness (QED) is 0.794. The van der Waals surface area contributed by atoms with Crippen molar-refractivity contribution >= 4 is 0 Å². The van der Waals surface area contributed by atoms with Crippen LogP contribution in [0, 0.1) is 6.92 Å². The van der Waals surface area contributed by atoms with E-state index < -0.39 is 6.10 Å². The molecular weight excluding hydrogens is 190 g/mol. The Kier molecular flexibility index (Phi) is 4.12. The molecule has 0 radical (unpaired) electrons. The molecule has 0 spiro atoms. The number of aryl methyl sites for hydroxylation is 1. The highest BCUT2D eigenvalue weighted by atomic mass is 16.5. The fraction of sp³-hybridized carbons (Fsp3) is 0.500. The molecule has 0 fully saturated rings. The van der Waals surface area contributed by atoms with E-state index in [0.717, 1.165) is 16.9 Å². The third-order valence-corrected chi connectivity index (χ3v) is 2.17. The Bertz CT molecular complexity index is 323. The van der Waals surface area contributed by atoms with E-state index in [-0.39, 0.29) is 12.6 Å². The Morgan fingerprint density at radius 3 is 2.53 bits per heavy atom. The molecule has 1 aromatic carbocycles. The molecule has 0 bridgehead atoms. The molecule has 0 heterocycles. The van der Waals surface area contributed by atoms with E-state index in [1.54, 1.807) is 0 Å². The number of hydrogen-bond donors (Lipinski definition) is 2. The van der Waals surface area contributed by atoms with Crippen LogP contribution < -0.4 is 10.5 Å². The zero-order valence-corrected chi connectivity index (χ0v) is 9.53. The summed E-state index contributed by atoms with van der Waals surface area (Å²) in [4.78, 5) is 0. The largest absolute Gasteiger partial charge is 0.491 e. The van der Waals surface area contributed by atoms with Gasteiger partial charge in [0.2, 0.25) is 0 Å². The van der Waals surface area contributed by atoms with Gasteiger partial charge in [-0.25, -0.2) is 0 Å². The zero-order valence-electron chi connectivity index (χ0n) is 9.53. The molecule has 1 rings (SSSR count). The monoisotopic (exact) mass is 209 g/mol. The lowest BCUT2D eigenvalue weighted by atomic mass is 10.1. The molecule has 1 unspecified atom stereocenters. The number of benzene rings is 1. The molecule has 3 heteroatoms. The molecule has 15 heavy (non-hydrogen) atoms. The first-order valence-electron chi connectivity index (χ1n) is 5.20. The van der Waals surface area contributed by atoms with Gasteiger partial charge in [-0.15, -0.1) is 0 Å². The fourth-order valence-corrected chi connectivity index (χ4v) is 1.40. The molecule has 0 aliphatic rings. The van der Waals surface area contributed by atoms with Gasteiger partial charge in [-0.05, 0) is 44.0 Å². The Labute approximate surface area is 90.9 Å². The SMILES string of the molecule is Cc1cc(C(O)CN)ccc1OC(C)C. The molecule has 0 aliphatic carbocycles. The second-order valence-corrected chi connectivity index (χ2v) is 3.94. The van der Waals surface area contributed by atoms with E-state index in [1.807, 2.05) is 39.0 Å². The maximum absolute atomic E-state index is 9.56. The molecule has 0 amide bonds. The number of aliphatic hydroxyl groups is 1. The van der Waals surface area contributed by atoms with Crippen molar-refractivity contribution in [3.05, 3.63) is 29.3 Å². The van der Waals surface area contributed by atoms with Crippen molar-refractivity contribution < 1.29 is 9.84 Å². The molecular formula is C12H19NO2. The minimum Gasteiger partial charge on any atom is -0.491 e. The molecule has 1 aromatic rings. The van der Waals surface area contributed by atoms with Gasteiger partial charge in [0.05, 0.1) is 12.2 Å². The van der Waals surface area contributed by atoms with Crippen LogP contribution in [0.15, 0.2) is 18.2 Å². The van der Waals surface area contributed by atoms with Gasteiger partial charge in [0.15, 0.2) is 0 Å². The van der Waals surface area contributed by atoms with Crippen molar-refractivity contribution in [2.24, 2.45) is 5.73 Å². The normalized spacial score (nSPS) is 12.9. The number of nitrogens with two attached hydrogens (primary N) is 1. The third-order valence-electron chi connectivity index (χ3n) is 2.17. The van der Waals surface area contributed by atoms with Crippen LogP contribution in [0.2, 0.25) is 0 Å². The molecule has 84 valence electrons. The van der Waals surface area contributed by atoms with Crippen LogP contribution in [0.5, 0.6) is 5.75 Å². The Hall–Kier alpha value is -1.06. The molecule has 3 N–H and O–H groups in total. The predicted molar refractivity (Wildman–Crippen MR) is 61.0 cm³/mol. The van der Waals surface area contributed by atoms with Gasteiger partial charge in [0, 0.05) is 6.54 Å². The first-order valence-corrected chi connectivity index (χ1v) is 5.20. The second-order valence-electron chi connectivity index (χ2n) is 3.94. The number of rotatable bonds is 4. The molecule has 1 atom stereocenters. The van der Waals surface area contributed by atoms with Crippen molar-refractivity contribution in [3.8, 4) is 5.75 Å². The molecule has 3 nitrogen and oxygen atoms in total. The number of aliphatic hydroxyl groups excluding tert-OH is 1. The fourth-order valence-electron chi connectivity index (χ4n) is 1.40. The van der Waals surface area contributed by atoms with E-state index in [1.165, 1.54) is 0 Å². The Morgan fingerprint density at radius 2 is 2.07 bits per heavy atom. The highest BCUT2D eigenvalue weighted by molar-refractivity contribution is 5.37. The van der Waals surface area contributed by atoms with E-state index in [9.17, 15) is 5.11 Å². The molecule has 0 saturated carbocycles. The summed E-state index contributed by atoms with van der Waals surface area (Å²) in [6.07, 6.45) is -0.425. The standard InChI is InChI=1S/C12H19NO2/c1-8(2)15-12-5-4-10(6-9(12)3)11(14)7-13/h4-6,8,11,14H,7,13H2,1-3H3. The van der Waals surface area contributed by atoms with Crippen LogP contribution in [-0.2, 0) is 0 Å². The Morgan fingerprint density at radius 1 is 1.40 bits per heavy atom. The van der Waals surface area contributed by atoms with Gasteiger partial charge in [0.1, 0.15) is 5.75 Å². The summed E-state index contributed by atoms with van der Waals surface area (Å²) in [6, 6.07) is 5.64. The first kappa shape index (κ1) is 12.0. The van der Waals surface area contributed by atoms with Gasteiger partial charge in [-0.1, -0.05) is 6.07 Å². The summed E-state index contributed by atoms with van der Waals surface area (Å²) in [7, 11) is 0. The third kappa shape index (κ3) is 3.22. The highest BCUT2D eigenvalue weighted by Crippen LogP contribution is 2.23. The van der Waals surface area contributed by atoms with Gasteiger partial charge < -0.3 is 15.6 Å².